The van der Waals surface area contributed by atoms with Crippen LogP contribution in [0.15, 0.2) is 72.8 Å². The van der Waals surface area contributed by atoms with Crippen LogP contribution in [0.25, 0.3) is 0 Å². The normalized spacial score (nSPS) is 20.1. The lowest BCUT2D eigenvalue weighted by Crippen LogP contribution is -2.49. The van der Waals surface area contributed by atoms with Gasteiger partial charge >= 0.3 is 0 Å². The monoisotopic (exact) mass is 514 g/mol. The average molecular weight is 515 g/mol. The molecule has 6 heteroatoms. The first-order valence-corrected chi connectivity index (χ1v) is 13.8. The maximum atomic E-state index is 13.9. The number of hydrogen-bond acceptors (Lipinski definition) is 4. The first kappa shape index (κ1) is 24.9. The smallest absolute Gasteiger partial charge is 0.254 e. The molecule has 2 aliphatic heterocycles. The van der Waals surface area contributed by atoms with Crippen LogP contribution in [0.1, 0.15) is 58.8 Å². The maximum Gasteiger partial charge on any atom is 0.254 e. The standard InChI is InChI=1S/C32H35FN2O3/c33-16-4-5-24-20-34(21-24)22-38-28-11-8-23(9-12-28)17-30-29-13-10-27(36)18-26(29)19-32(14-15-32)35(30)31(37)25-6-2-1-3-7-25/h1-3,6-13,18,24,30,36H,4-5,14-17,19-22H2. The third kappa shape index (κ3) is 5.02. The van der Waals surface area contributed by atoms with E-state index in [1.165, 1.54) is 0 Å². The van der Waals surface area contributed by atoms with Gasteiger partial charge in [-0.1, -0.05) is 36.4 Å². The average Bonchev–Trinajstić information content (AvgIpc) is 3.67. The lowest BCUT2D eigenvalue weighted by atomic mass is 9.83. The molecule has 198 valence electrons. The molecule has 1 atom stereocenters. The highest BCUT2D eigenvalue weighted by molar-refractivity contribution is 5.95. The molecule has 38 heavy (non-hydrogen) atoms. The number of fused-ring (bicyclic) bond motifs is 1. The summed E-state index contributed by atoms with van der Waals surface area (Å²) in [7, 11) is 0. The predicted octanol–water partition coefficient (Wildman–Crippen LogP) is 5.92. The number of nitrogens with zero attached hydrogens (tertiary/aromatic N) is 2. The number of ether oxygens (including phenoxy) is 1. The first-order valence-electron chi connectivity index (χ1n) is 13.8. The van der Waals surface area contributed by atoms with Crippen molar-refractivity contribution in [1.82, 2.24) is 9.80 Å². The molecule has 1 N–H and O–H groups in total. The number of likely N-dealkylation sites (tertiary alicyclic amines) is 1. The van der Waals surface area contributed by atoms with Crippen LogP contribution in [0.5, 0.6) is 11.5 Å². The van der Waals surface area contributed by atoms with E-state index in [4.69, 9.17) is 4.74 Å². The summed E-state index contributed by atoms with van der Waals surface area (Å²) < 4.78 is 18.4. The molecule has 1 saturated carbocycles. The molecule has 1 unspecified atom stereocenters. The highest BCUT2D eigenvalue weighted by Gasteiger charge is 2.55. The number of benzene rings is 3. The SMILES string of the molecule is O=C(c1ccccc1)N1C(Cc2ccc(OCN3CC(CCCF)C3)cc2)c2ccc(O)cc2CC12CC2. The third-order valence-electron chi connectivity index (χ3n) is 8.44. The molecule has 3 aromatic rings. The predicted molar refractivity (Wildman–Crippen MR) is 145 cm³/mol. The molecule has 1 aliphatic carbocycles. The van der Waals surface area contributed by atoms with Crippen molar-refractivity contribution in [3.05, 3.63) is 95.1 Å². The topological polar surface area (TPSA) is 53.0 Å². The number of rotatable bonds is 9. The van der Waals surface area contributed by atoms with Gasteiger partial charge in [0, 0.05) is 24.2 Å². The van der Waals surface area contributed by atoms with Gasteiger partial charge in [-0.05, 0) is 97.5 Å². The second-order valence-corrected chi connectivity index (χ2v) is 11.2. The minimum atomic E-state index is -0.229. The van der Waals surface area contributed by atoms with E-state index < -0.39 is 0 Å². The fourth-order valence-electron chi connectivity index (χ4n) is 6.26. The van der Waals surface area contributed by atoms with Crippen LogP contribution >= 0.6 is 0 Å². The zero-order valence-electron chi connectivity index (χ0n) is 21.7. The Morgan fingerprint density at radius 2 is 1.79 bits per heavy atom. The van der Waals surface area contributed by atoms with Gasteiger partial charge in [-0.25, -0.2) is 0 Å². The lowest BCUT2D eigenvalue weighted by molar-refractivity contribution is 0.0205. The summed E-state index contributed by atoms with van der Waals surface area (Å²) in [4.78, 5) is 18.3. The van der Waals surface area contributed by atoms with Gasteiger partial charge in [-0.2, -0.15) is 0 Å². The van der Waals surface area contributed by atoms with Crippen molar-refractivity contribution >= 4 is 5.91 Å². The van der Waals surface area contributed by atoms with Gasteiger partial charge in [0.05, 0.1) is 12.7 Å². The fraction of sp³-hybridized carbons (Fsp3) is 0.406. The number of hydrogen-bond donors (Lipinski definition) is 1. The van der Waals surface area contributed by atoms with Gasteiger partial charge in [0.1, 0.15) is 18.2 Å². The van der Waals surface area contributed by atoms with Crippen LogP contribution in [0.4, 0.5) is 4.39 Å². The summed E-state index contributed by atoms with van der Waals surface area (Å²) in [6.45, 7) is 2.27. The Balaban J connectivity index is 1.19. The van der Waals surface area contributed by atoms with E-state index in [1.807, 2.05) is 54.6 Å². The maximum absolute atomic E-state index is 13.9. The highest BCUT2D eigenvalue weighted by atomic mass is 19.1. The zero-order valence-corrected chi connectivity index (χ0v) is 21.7. The molecular formula is C32H35FN2O3. The van der Waals surface area contributed by atoms with E-state index in [2.05, 4.69) is 21.9 Å². The quantitative estimate of drug-likeness (QED) is 0.385. The Labute approximate surface area is 223 Å². The number of carbonyl (C=O) groups is 1. The highest BCUT2D eigenvalue weighted by Crippen LogP contribution is 2.54. The van der Waals surface area contributed by atoms with Crippen molar-refractivity contribution in [3.8, 4) is 11.5 Å². The second kappa shape index (κ2) is 10.4. The molecule has 6 rings (SSSR count). The summed E-state index contributed by atoms with van der Waals surface area (Å²) in [6.07, 6.45) is 5.05. The Bertz CT molecular complexity index is 1270. The molecule has 1 saturated heterocycles. The zero-order chi connectivity index (χ0) is 26.1. The number of phenols is 1. The molecule has 0 bridgehead atoms. The first-order chi connectivity index (χ1) is 18.5. The minimum Gasteiger partial charge on any atom is -0.508 e. The molecule has 0 aromatic heterocycles. The summed E-state index contributed by atoms with van der Waals surface area (Å²) in [5.41, 5.74) is 3.93. The van der Waals surface area contributed by atoms with Gasteiger partial charge in [-0.15, -0.1) is 0 Å². The summed E-state index contributed by atoms with van der Waals surface area (Å²) in [6, 6.07) is 23.3. The van der Waals surface area contributed by atoms with Crippen molar-refractivity contribution in [2.24, 2.45) is 5.92 Å². The van der Waals surface area contributed by atoms with Crippen molar-refractivity contribution in [2.75, 3.05) is 26.5 Å². The summed E-state index contributed by atoms with van der Waals surface area (Å²) >= 11 is 0. The van der Waals surface area contributed by atoms with Gasteiger partial charge in [0.15, 0.2) is 0 Å². The largest absolute Gasteiger partial charge is 0.508 e. The molecule has 2 fully saturated rings. The Morgan fingerprint density at radius 1 is 1.03 bits per heavy atom. The minimum absolute atomic E-state index is 0.0751. The van der Waals surface area contributed by atoms with E-state index >= 15 is 0 Å². The lowest BCUT2D eigenvalue weighted by Gasteiger charge is -2.44. The molecule has 3 aromatic carbocycles. The molecule has 1 spiro atoms. The van der Waals surface area contributed by atoms with Gasteiger partial charge in [-0.3, -0.25) is 14.1 Å². The third-order valence-corrected chi connectivity index (χ3v) is 8.44. The van der Waals surface area contributed by atoms with Gasteiger partial charge in [0.25, 0.3) is 5.91 Å². The number of phenolic OH excluding ortho intramolecular Hbond substituents is 1. The summed E-state index contributed by atoms with van der Waals surface area (Å²) in [5.74, 6) is 1.77. The number of amides is 1. The Morgan fingerprint density at radius 3 is 2.50 bits per heavy atom. The van der Waals surface area contributed by atoms with Crippen molar-refractivity contribution < 1.29 is 19.0 Å². The molecule has 2 heterocycles. The number of aromatic hydroxyl groups is 1. The van der Waals surface area contributed by atoms with Crippen LogP contribution in [0.2, 0.25) is 0 Å². The van der Waals surface area contributed by atoms with Crippen LogP contribution < -0.4 is 4.74 Å². The van der Waals surface area contributed by atoms with E-state index in [0.29, 0.717) is 31.1 Å². The van der Waals surface area contributed by atoms with Crippen LogP contribution in [-0.4, -0.2) is 52.8 Å². The van der Waals surface area contributed by atoms with Crippen LogP contribution in [0.3, 0.4) is 0 Å². The van der Waals surface area contributed by atoms with Crippen molar-refractivity contribution in [2.45, 2.75) is 50.1 Å². The number of alkyl halides is 1. The van der Waals surface area contributed by atoms with Crippen LogP contribution in [0, 0.1) is 5.92 Å². The van der Waals surface area contributed by atoms with Gasteiger partial charge < -0.3 is 14.7 Å². The van der Waals surface area contributed by atoms with Crippen molar-refractivity contribution in [1.29, 1.82) is 0 Å². The van der Waals surface area contributed by atoms with E-state index in [-0.39, 0.29) is 29.9 Å². The van der Waals surface area contributed by atoms with Crippen molar-refractivity contribution in [3.63, 3.8) is 0 Å². The molecule has 0 radical (unpaired) electrons. The molecular weight excluding hydrogens is 479 g/mol. The molecule has 1 amide bonds. The summed E-state index contributed by atoms with van der Waals surface area (Å²) in [5, 5.41) is 10.2. The fourth-order valence-corrected chi connectivity index (χ4v) is 6.26. The molecule has 3 aliphatic rings. The second-order valence-electron chi connectivity index (χ2n) is 11.2. The number of carbonyl (C=O) groups excluding carboxylic acids is 1. The van der Waals surface area contributed by atoms with Crippen LogP contribution in [-0.2, 0) is 12.8 Å². The molecule has 5 nitrogen and oxygen atoms in total. The Hall–Kier alpha value is -3.38. The van der Waals surface area contributed by atoms with E-state index in [0.717, 1.165) is 61.2 Å². The van der Waals surface area contributed by atoms with E-state index in [9.17, 15) is 14.3 Å². The number of halogens is 1. The Kier molecular flexibility index (Phi) is 6.83. The van der Waals surface area contributed by atoms with E-state index in [1.54, 1.807) is 6.07 Å². The van der Waals surface area contributed by atoms with Gasteiger partial charge in [0.2, 0.25) is 0 Å².